The molecule has 0 saturated heterocycles. The fourth-order valence-electron chi connectivity index (χ4n) is 3.78. The molecular weight excluding hydrogens is 352 g/mol. The van der Waals surface area contributed by atoms with Crippen LogP contribution in [0.4, 0.5) is 5.82 Å². The molecule has 6 heteroatoms. The molecule has 0 aliphatic heterocycles. The van der Waals surface area contributed by atoms with E-state index in [0.29, 0.717) is 12.6 Å². The quantitative estimate of drug-likeness (QED) is 0.686. The van der Waals surface area contributed by atoms with E-state index in [2.05, 4.69) is 27.0 Å². The van der Waals surface area contributed by atoms with Gasteiger partial charge in [0.25, 0.3) is 0 Å². The highest BCUT2D eigenvalue weighted by Gasteiger charge is 2.25. The van der Waals surface area contributed by atoms with Gasteiger partial charge in [-0.2, -0.15) is 0 Å². The van der Waals surface area contributed by atoms with Gasteiger partial charge in [-0.05, 0) is 62.6 Å². The SMILES string of the molecule is CNc1ccc(-c2ccc(OC)c(CNC(=O)C3CCC(NC)CC3)c2)cn1. The molecule has 3 N–H and O–H groups in total. The first-order valence-corrected chi connectivity index (χ1v) is 9.90. The largest absolute Gasteiger partial charge is 0.496 e. The van der Waals surface area contributed by atoms with Gasteiger partial charge in [0.15, 0.2) is 0 Å². The Labute approximate surface area is 167 Å². The van der Waals surface area contributed by atoms with Crippen molar-refractivity contribution in [1.82, 2.24) is 15.6 Å². The van der Waals surface area contributed by atoms with Crippen molar-refractivity contribution < 1.29 is 9.53 Å². The lowest BCUT2D eigenvalue weighted by molar-refractivity contribution is -0.126. The first-order chi connectivity index (χ1) is 13.6. The molecule has 1 fully saturated rings. The summed E-state index contributed by atoms with van der Waals surface area (Å²) in [5.74, 6) is 1.86. The second-order valence-corrected chi connectivity index (χ2v) is 7.26. The van der Waals surface area contributed by atoms with Gasteiger partial charge >= 0.3 is 0 Å². The van der Waals surface area contributed by atoms with Gasteiger partial charge in [-0.25, -0.2) is 4.98 Å². The van der Waals surface area contributed by atoms with E-state index in [-0.39, 0.29) is 11.8 Å². The molecule has 28 heavy (non-hydrogen) atoms. The number of carbonyl (C=O) groups excluding carboxylic acids is 1. The number of carbonyl (C=O) groups is 1. The van der Waals surface area contributed by atoms with Gasteiger partial charge in [0, 0.05) is 42.9 Å². The number of anilines is 1. The van der Waals surface area contributed by atoms with Crippen LogP contribution in [0.5, 0.6) is 5.75 Å². The third-order valence-corrected chi connectivity index (χ3v) is 5.59. The Morgan fingerprint density at radius 3 is 2.46 bits per heavy atom. The zero-order valence-electron chi connectivity index (χ0n) is 16.9. The summed E-state index contributed by atoms with van der Waals surface area (Å²) >= 11 is 0. The average molecular weight is 383 g/mol. The van der Waals surface area contributed by atoms with Crippen molar-refractivity contribution in [3.8, 4) is 16.9 Å². The molecule has 1 aliphatic carbocycles. The van der Waals surface area contributed by atoms with Gasteiger partial charge in [0.2, 0.25) is 5.91 Å². The third kappa shape index (κ3) is 4.81. The zero-order chi connectivity index (χ0) is 19.9. The molecule has 2 aromatic rings. The summed E-state index contributed by atoms with van der Waals surface area (Å²) in [6, 6.07) is 10.5. The minimum absolute atomic E-state index is 0.108. The number of ether oxygens (including phenoxy) is 1. The van der Waals surface area contributed by atoms with E-state index >= 15 is 0 Å². The van der Waals surface area contributed by atoms with Gasteiger partial charge in [0.1, 0.15) is 11.6 Å². The number of nitrogens with zero attached hydrogens (tertiary/aromatic N) is 1. The molecule has 3 rings (SSSR count). The molecule has 1 amide bonds. The van der Waals surface area contributed by atoms with Gasteiger partial charge in [-0.3, -0.25) is 4.79 Å². The molecule has 0 unspecified atom stereocenters. The molecule has 1 aliphatic rings. The van der Waals surface area contributed by atoms with E-state index in [1.807, 2.05) is 44.6 Å². The van der Waals surface area contributed by atoms with Crippen LogP contribution in [-0.2, 0) is 11.3 Å². The van der Waals surface area contributed by atoms with Crippen LogP contribution in [0.1, 0.15) is 31.2 Å². The lowest BCUT2D eigenvalue weighted by Gasteiger charge is -2.27. The first-order valence-electron chi connectivity index (χ1n) is 9.90. The topological polar surface area (TPSA) is 75.3 Å². The van der Waals surface area contributed by atoms with Crippen molar-refractivity contribution in [1.29, 1.82) is 0 Å². The van der Waals surface area contributed by atoms with Crippen molar-refractivity contribution in [3.63, 3.8) is 0 Å². The Kier molecular flexibility index (Phi) is 6.87. The standard InChI is InChI=1S/C22H30N4O2/c1-23-19-8-4-15(5-9-19)22(27)26-14-18-12-16(6-10-20(18)28-3)17-7-11-21(24-2)25-13-17/h6-7,10-13,15,19,23H,4-5,8-9,14H2,1-3H3,(H,24,25)(H,26,27). The summed E-state index contributed by atoms with van der Waals surface area (Å²) in [5.41, 5.74) is 3.05. The molecule has 0 spiro atoms. The molecule has 0 radical (unpaired) electrons. The Morgan fingerprint density at radius 2 is 1.86 bits per heavy atom. The van der Waals surface area contributed by atoms with Crippen molar-refractivity contribution in [2.45, 2.75) is 38.3 Å². The predicted octanol–water partition coefficient (Wildman–Crippen LogP) is 3.19. The number of hydrogen-bond donors (Lipinski definition) is 3. The van der Waals surface area contributed by atoms with E-state index in [9.17, 15) is 4.79 Å². The highest BCUT2D eigenvalue weighted by Crippen LogP contribution is 2.28. The summed E-state index contributed by atoms with van der Waals surface area (Å²) in [4.78, 5) is 17.0. The molecule has 0 atom stereocenters. The highest BCUT2D eigenvalue weighted by molar-refractivity contribution is 5.79. The minimum Gasteiger partial charge on any atom is -0.496 e. The molecule has 150 valence electrons. The number of methoxy groups -OCH3 is 1. The fourth-order valence-corrected chi connectivity index (χ4v) is 3.78. The summed E-state index contributed by atoms with van der Waals surface area (Å²) < 4.78 is 5.49. The molecular formula is C22H30N4O2. The number of pyridine rings is 1. The number of benzene rings is 1. The Morgan fingerprint density at radius 1 is 1.11 bits per heavy atom. The van der Waals surface area contributed by atoms with Gasteiger partial charge in [0.05, 0.1) is 7.11 Å². The maximum Gasteiger partial charge on any atom is 0.223 e. The van der Waals surface area contributed by atoms with Crippen LogP contribution in [0.3, 0.4) is 0 Å². The average Bonchev–Trinajstić information content (AvgIpc) is 2.77. The normalized spacial score (nSPS) is 19.1. The van der Waals surface area contributed by atoms with E-state index in [0.717, 1.165) is 53.9 Å². The lowest BCUT2D eigenvalue weighted by Crippen LogP contribution is -2.37. The molecule has 0 bridgehead atoms. The van der Waals surface area contributed by atoms with Crippen LogP contribution >= 0.6 is 0 Å². The maximum absolute atomic E-state index is 12.6. The Hall–Kier alpha value is -2.60. The van der Waals surface area contributed by atoms with Crippen LogP contribution in [0.15, 0.2) is 36.5 Å². The van der Waals surface area contributed by atoms with E-state index in [4.69, 9.17) is 4.74 Å². The van der Waals surface area contributed by atoms with Crippen LogP contribution in [-0.4, -0.2) is 38.1 Å². The van der Waals surface area contributed by atoms with Crippen LogP contribution < -0.4 is 20.7 Å². The smallest absolute Gasteiger partial charge is 0.223 e. The van der Waals surface area contributed by atoms with Crippen molar-refractivity contribution in [2.75, 3.05) is 26.5 Å². The number of rotatable bonds is 7. The molecule has 1 aromatic heterocycles. The number of amides is 1. The first kappa shape index (κ1) is 20.1. The van der Waals surface area contributed by atoms with E-state index in [1.165, 1.54) is 0 Å². The number of aromatic nitrogens is 1. The van der Waals surface area contributed by atoms with Gasteiger partial charge in [-0.1, -0.05) is 6.07 Å². The zero-order valence-corrected chi connectivity index (χ0v) is 16.9. The van der Waals surface area contributed by atoms with Gasteiger partial charge < -0.3 is 20.7 Å². The lowest BCUT2D eigenvalue weighted by atomic mass is 9.85. The molecule has 1 saturated carbocycles. The van der Waals surface area contributed by atoms with Crippen molar-refractivity contribution in [3.05, 3.63) is 42.1 Å². The van der Waals surface area contributed by atoms with Crippen LogP contribution in [0, 0.1) is 5.92 Å². The summed E-state index contributed by atoms with van der Waals surface area (Å²) in [5, 5.41) is 9.44. The summed E-state index contributed by atoms with van der Waals surface area (Å²) in [7, 11) is 5.50. The molecule has 1 aromatic carbocycles. The predicted molar refractivity (Wildman–Crippen MR) is 112 cm³/mol. The number of nitrogens with one attached hydrogen (secondary N) is 3. The van der Waals surface area contributed by atoms with Crippen LogP contribution in [0.25, 0.3) is 11.1 Å². The van der Waals surface area contributed by atoms with Crippen molar-refractivity contribution >= 4 is 11.7 Å². The van der Waals surface area contributed by atoms with E-state index < -0.39 is 0 Å². The summed E-state index contributed by atoms with van der Waals surface area (Å²) in [6.07, 6.45) is 5.85. The fraction of sp³-hybridized carbons (Fsp3) is 0.455. The van der Waals surface area contributed by atoms with Crippen molar-refractivity contribution in [2.24, 2.45) is 5.92 Å². The maximum atomic E-state index is 12.6. The second kappa shape index (κ2) is 9.55. The Balaban J connectivity index is 1.67. The second-order valence-electron chi connectivity index (χ2n) is 7.26. The van der Waals surface area contributed by atoms with Crippen LogP contribution in [0.2, 0.25) is 0 Å². The minimum atomic E-state index is 0.108. The number of hydrogen-bond acceptors (Lipinski definition) is 5. The molecule has 1 heterocycles. The third-order valence-electron chi connectivity index (χ3n) is 5.59. The van der Waals surface area contributed by atoms with E-state index in [1.54, 1.807) is 7.11 Å². The highest BCUT2D eigenvalue weighted by atomic mass is 16.5. The summed E-state index contributed by atoms with van der Waals surface area (Å²) in [6.45, 7) is 0.462. The monoisotopic (exact) mass is 382 g/mol. The Bertz CT molecular complexity index is 784. The molecule has 6 nitrogen and oxygen atoms in total. The van der Waals surface area contributed by atoms with Gasteiger partial charge in [-0.15, -0.1) is 0 Å².